The van der Waals surface area contributed by atoms with Gasteiger partial charge in [-0.1, -0.05) is 45.0 Å². The first-order valence-corrected chi connectivity index (χ1v) is 18.6. The molecular formula is C17H26Cl2OSiZr. The van der Waals surface area contributed by atoms with Crippen molar-refractivity contribution in [2.24, 2.45) is 0 Å². The fourth-order valence-corrected chi connectivity index (χ4v) is 2.64. The van der Waals surface area contributed by atoms with E-state index in [9.17, 15) is 0 Å². The summed E-state index contributed by atoms with van der Waals surface area (Å²) in [7, 11) is 9.14. The Hall–Kier alpha value is 0.440. The van der Waals surface area contributed by atoms with Gasteiger partial charge in [0.2, 0.25) is 8.32 Å². The number of fused-ring (bicyclic) bond motifs is 1. The molecular weight excluding hydrogens is 410 g/mol. The van der Waals surface area contributed by atoms with Gasteiger partial charge in [0.1, 0.15) is 0 Å². The van der Waals surface area contributed by atoms with Crippen molar-refractivity contribution in [3.8, 4) is 0 Å². The molecule has 0 aromatic heterocycles. The number of allylic oxidation sites excluding steroid dienone is 1. The molecule has 0 amide bonds. The zero-order valence-corrected chi connectivity index (χ0v) is 19.3. The standard InChI is InChI=1S/C15H21OSi.C2H5.2ClH.Zr/c1-15(2,3)17(4,5)16-14-10-12-8-6-7-9-13(12)11-14;1-2;;;/h6-11H,1-5H3;1H2,2H3;2*1H;/q;;;;+2/p-2. The van der Waals surface area contributed by atoms with Crippen molar-refractivity contribution < 1.29 is 23.8 Å². The first-order chi connectivity index (χ1) is 10.1. The van der Waals surface area contributed by atoms with Crippen LogP contribution < -0.4 is 0 Å². The summed E-state index contributed by atoms with van der Waals surface area (Å²) >= 11 is -1.64. The average molecular weight is 437 g/mol. The van der Waals surface area contributed by atoms with Crippen molar-refractivity contribution in [1.82, 2.24) is 0 Å². The summed E-state index contributed by atoms with van der Waals surface area (Å²) in [6, 6.07) is 8.40. The van der Waals surface area contributed by atoms with Crippen LogP contribution in [0.15, 0.2) is 30.0 Å². The van der Waals surface area contributed by atoms with Crippen LogP contribution in [0.25, 0.3) is 6.08 Å². The van der Waals surface area contributed by atoms with E-state index in [1.807, 2.05) is 6.92 Å². The third-order valence-corrected chi connectivity index (χ3v) is 12.9. The minimum atomic E-state index is -1.71. The van der Waals surface area contributed by atoms with Crippen LogP contribution >= 0.6 is 17.0 Å². The number of halogens is 2. The zero-order valence-electron chi connectivity index (χ0n) is 14.3. The number of hydrogen-bond acceptors (Lipinski definition) is 1. The van der Waals surface area contributed by atoms with Gasteiger partial charge in [0.25, 0.3) is 0 Å². The van der Waals surface area contributed by atoms with Crippen molar-refractivity contribution in [3.63, 3.8) is 0 Å². The predicted octanol–water partition coefficient (Wildman–Crippen LogP) is 6.97. The minimum absolute atomic E-state index is 0.246. The molecule has 0 saturated heterocycles. The monoisotopic (exact) mass is 434 g/mol. The Bertz CT molecular complexity index is 522. The van der Waals surface area contributed by atoms with Crippen LogP contribution in [-0.4, -0.2) is 8.32 Å². The second-order valence-corrected chi connectivity index (χ2v) is 21.5. The molecule has 22 heavy (non-hydrogen) atoms. The molecule has 0 unspecified atom stereocenters. The van der Waals surface area contributed by atoms with E-state index in [0.29, 0.717) is 0 Å². The number of hydrogen-bond donors (Lipinski definition) is 0. The summed E-state index contributed by atoms with van der Waals surface area (Å²) in [6.45, 7) is 13.4. The molecule has 1 aromatic rings. The molecule has 1 aliphatic rings. The molecule has 0 bridgehead atoms. The topological polar surface area (TPSA) is 9.23 Å². The molecule has 5 heteroatoms. The molecule has 1 radical (unpaired) electrons. The van der Waals surface area contributed by atoms with Gasteiger partial charge < -0.3 is 4.43 Å². The molecule has 0 heterocycles. The number of benzene rings is 1. The maximum absolute atomic E-state index is 6.29. The average Bonchev–Trinajstić information content (AvgIpc) is 2.79. The van der Waals surface area contributed by atoms with Crippen LogP contribution in [0.1, 0.15) is 38.8 Å². The van der Waals surface area contributed by atoms with Gasteiger partial charge in [-0.3, -0.25) is 0 Å². The fraction of sp³-hybridized carbons (Fsp3) is 0.471. The summed E-state index contributed by atoms with van der Waals surface area (Å²) in [4.78, 5) is 0. The molecule has 0 aliphatic heterocycles. The molecule has 0 fully saturated rings. The van der Waals surface area contributed by atoms with Crippen LogP contribution in [0.4, 0.5) is 0 Å². The van der Waals surface area contributed by atoms with Crippen molar-refractivity contribution >= 4 is 31.4 Å². The third kappa shape index (κ3) is 6.15. The number of rotatable bonds is 3. The molecule has 0 N–H and O–H groups in total. The molecule has 1 aliphatic carbocycles. The van der Waals surface area contributed by atoms with Gasteiger partial charge in [-0.25, -0.2) is 0 Å². The summed E-state index contributed by atoms with van der Waals surface area (Å²) < 4.78 is 7.32. The molecule has 1 nitrogen and oxygen atoms in total. The quantitative estimate of drug-likeness (QED) is 0.465. The summed E-state index contributed by atoms with van der Waals surface area (Å²) in [5.41, 5.74) is 2.53. The third-order valence-electron chi connectivity index (χ3n) is 4.04. The van der Waals surface area contributed by atoms with Crippen molar-refractivity contribution in [3.05, 3.63) is 47.6 Å². The van der Waals surface area contributed by atoms with E-state index >= 15 is 0 Å². The molecule has 0 saturated carbocycles. The van der Waals surface area contributed by atoms with Gasteiger partial charge in [-0.15, -0.1) is 0 Å². The van der Waals surface area contributed by atoms with E-state index in [4.69, 9.17) is 21.5 Å². The molecule has 1 aromatic carbocycles. The van der Waals surface area contributed by atoms with Crippen LogP contribution in [-0.2, 0) is 23.8 Å². The Kier molecular flexibility index (Phi) is 7.93. The van der Waals surface area contributed by atoms with E-state index in [1.165, 1.54) is 11.1 Å². The van der Waals surface area contributed by atoms with Gasteiger partial charge in [-0.2, -0.15) is 0 Å². The van der Waals surface area contributed by atoms with Crippen LogP contribution in [0.3, 0.4) is 0 Å². The first kappa shape index (κ1) is 20.5. The summed E-state index contributed by atoms with van der Waals surface area (Å²) in [6.07, 6.45) is 4.30. The van der Waals surface area contributed by atoms with E-state index < -0.39 is 27.7 Å². The Morgan fingerprint density at radius 2 is 1.59 bits per heavy atom. The SMILES string of the molecule is CC(C)(C)[Si](C)(C)OC1=Cc2ccccc2[CH]1.C[CH2][Zr]([Cl])[Cl]. The normalized spacial score (nSPS) is 13.7. The second-order valence-electron chi connectivity index (χ2n) is 6.87. The summed E-state index contributed by atoms with van der Waals surface area (Å²) in [5, 5.41) is 0.246. The Balaban J connectivity index is 0.000000422. The zero-order chi connectivity index (χ0) is 17.0. The first-order valence-electron chi connectivity index (χ1n) is 7.58. The van der Waals surface area contributed by atoms with Crippen LogP contribution in [0.2, 0.25) is 22.3 Å². The van der Waals surface area contributed by atoms with E-state index in [0.717, 1.165) is 9.89 Å². The molecule has 0 spiro atoms. The van der Waals surface area contributed by atoms with E-state index in [-0.39, 0.29) is 5.04 Å². The van der Waals surface area contributed by atoms with Gasteiger partial charge >= 0.3 is 47.4 Å². The predicted molar refractivity (Wildman–Crippen MR) is 98.3 cm³/mol. The molecule has 0 atom stereocenters. The van der Waals surface area contributed by atoms with Crippen LogP contribution in [0.5, 0.6) is 0 Å². The summed E-state index contributed by atoms with van der Waals surface area (Å²) in [5.74, 6) is 1.03. The molecule has 122 valence electrons. The van der Waals surface area contributed by atoms with Gasteiger partial charge in [0.15, 0.2) is 0 Å². The van der Waals surface area contributed by atoms with Crippen molar-refractivity contribution in [2.75, 3.05) is 0 Å². The van der Waals surface area contributed by atoms with E-state index in [2.05, 4.69) is 70.6 Å². The second kappa shape index (κ2) is 8.51. The maximum atomic E-state index is 6.29. The fourth-order valence-electron chi connectivity index (χ4n) is 1.63. The molecule has 2 rings (SSSR count). The van der Waals surface area contributed by atoms with Crippen molar-refractivity contribution in [2.45, 2.75) is 50.0 Å². The van der Waals surface area contributed by atoms with Crippen molar-refractivity contribution in [1.29, 1.82) is 0 Å². The van der Waals surface area contributed by atoms with Gasteiger partial charge in [0, 0.05) is 0 Å². The Morgan fingerprint density at radius 3 is 2.00 bits per heavy atom. The van der Waals surface area contributed by atoms with Gasteiger partial charge in [-0.05, 0) is 35.3 Å². The van der Waals surface area contributed by atoms with E-state index in [1.54, 1.807) is 0 Å². The Labute approximate surface area is 152 Å². The van der Waals surface area contributed by atoms with Crippen LogP contribution in [0, 0.1) is 6.42 Å². The Morgan fingerprint density at radius 1 is 1.09 bits per heavy atom. The van der Waals surface area contributed by atoms with Gasteiger partial charge in [0.05, 0.1) is 12.2 Å².